The smallest absolute Gasteiger partial charge is 0.337 e. The Morgan fingerprint density at radius 3 is 2.52 bits per heavy atom. The molecule has 0 spiro atoms. The summed E-state index contributed by atoms with van der Waals surface area (Å²) >= 11 is 0. The summed E-state index contributed by atoms with van der Waals surface area (Å²) in [5.74, 6) is -0.138. The summed E-state index contributed by atoms with van der Waals surface area (Å²) in [6.45, 7) is 1.07. The van der Waals surface area contributed by atoms with Crippen molar-refractivity contribution < 1.29 is 19.4 Å². The third-order valence-electron chi connectivity index (χ3n) is 3.66. The Bertz CT molecular complexity index is 821. The number of aromatic nitrogens is 1. The van der Waals surface area contributed by atoms with Gasteiger partial charge in [-0.1, -0.05) is 24.3 Å². The van der Waals surface area contributed by atoms with Crippen LogP contribution < -0.4 is 4.74 Å². The zero-order valence-corrected chi connectivity index (χ0v) is 12.7. The van der Waals surface area contributed by atoms with Gasteiger partial charge in [-0.25, -0.2) is 4.79 Å². The molecule has 0 fully saturated rings. The summed E-state index contributed by atoms with van der Waals surface area (Å²) in [5, 5.41) is 9.84. The number of ether oxygens (including phenoxy) is 2. The Kier molecular flexibility index (Phi) is 4.30. The van der Waals surface area contributed by atoms with Crippen LogP contribution in [0.4, 0.5) is 0 Å². The van der Waals surface area contributed by atoms with Crippen LogP contribution in [0.2, 0.25) is 0 Å². The van der Waals surface area contributed by atoms with E-state index in [0.717, 1.165) is 22.4 Å². The molecule has 0 bridgehead atoms. The normalized spacial score (nSPS) is 10.8. The molecule has 23 heavy (non-hydrogen) atoms. The zero-order valence-electron chi connectivity index (χ0n) is 12.7. The van der Waals surface area contributed by atoms with Crippen LogP contribution >= 0.6 is 0 Å². The van der Waals surface area contributed by atoms with Crippen LogP contribution in [0.1, 0.15) is 10.4 Å². The second kappa shape index (κ2) is 6.54. The third kappa shape index (κ3) is 3.19. The lowest BCUT2D eigenvalue weighted by Crippen LogP contribution is -2.03. The van der Waals surface area contributed by atoms with E-state index in [9.17, 15) is 4.79 Å². The highest BCUT2D eigenvalue weighted by atomic mass is 16.5. The number of aromatic carboxylic acids is 1. The van der Waals surface area contributed by atoms with Crippen LogP contribution in [0.3, 0.4) is 0 Å². The van der Waals surface area contributed by atoms with E-state index in [4.69, 9.17) is 14.6 Å². The van der Waals surface area contributed by atoms with Gasteiger partial charge in [0.25, 0.3) is 0 Å². The maximum absolute atomic E-state index is 11.1. The molecule has 1 aromatic heterocycles. The topological polar surface area (TPSA) is 71.6 Å². The van der Waals surface area contributed by atoms with Crippen molar-refractivity contribution in [2.75, 3.05) is 20.3 Å². The number of carboxylic acids is 1. The van der Waals surface area contributed by atoms with Gasteiger partial charge >= 0.3 is 5.97 Å². The molecule has 0 aliphatic heterocycles. The Morgan fingerprint density at radius 2 is 1.83 bits per heavy atom. The maximum atomic E-state index is 11.1. The highest BCUT2D eigenvalue weighted by molar-refractivity contribution is 6.04. The highest BCUT2D eigenvalue weighted by Gasteiger charge is 2.11. The second-order valence-electron chi connectivity index (χ2n) is 5.13. The molecule has 0 radical (unpaired) electrons. The molecule has 0 saturated heterocycles. The van der Waals surface area contributed by atoms with E-state index < -0.39 is 5.97 Å². The molecule has 0 aliphatic rings. The first kappa shape index (κ1) is 15.1. The van der Waals surface area contributed by atoms with Crippen molar-refractivity contribution in [3.8, 4) is 16.9 Å². The monoisotopic (exact) mass is 311 g/mol. The first-order valence-electron chi connectivity index (χ1n) is 7.25. The van der Waals surface area contributed by atoms with E-state index in [0.29, 0.717) is 18.6 Å². The number of hydrogen-bond donors (Lipinski definition) is 2. The molecule has 0 saturated carbocycles. The van der Waals surface area contributed by atoms with Gasteiger partial charge in [0.15, 0.2) is 0 Å². The summed E-state index contributed by atoms with van der Waals surface area (Å²) in [6, 6.07) is 13.5. The zero-order chi connectivity index (χ0) is 16.2. The van der Waals surface area contributed by atoms with E-state index in [1.807, 2.05) is 42.5 Å². The van der Waals surface area contributed by atoms with Crippen LogP contribution in [0, 0.1) is 0 Å². The summed E-state index contributed by atoms with van der Waals surface area (Å²) in [7, 11) is 1.64. The molecule has 118 valence electrons. The van der Waals surface area contributed by atoms with E-state index in [-0.39, 0.29) is 5.56 Å². The molecule has 3 aromatic rings. The van der Waals surface area contributed by atoms with Gasteiger partial charge in [-0.3, -0.25) is 0 Å². The summed E-state index contributed by atoms with van der Waals surface area (Å²) < 4.78 is 10.5. The number of carbonyl (C=O) groups is 1. The van der Waals surface area contributed by atoms with Crippen molar-refractivity contribution in [3.63, 3.8) is 0 Å². The molecular weight excluding hydrogens is 294 g/mol. The molecule has 5 heteroatoms. The number of fused-ring (bicyclic) bond motifs is 1. The van der Waals surface area contributed by atoms with Gasteiger partial charge in [-0.15, -0.1) is 0 Å². The lowest BCUT2D eigenvalue weighted by molar-refractivity contribution is 0.0699. The molecule has 0 amide bonds. The number of methoxy groups -OCH3 is 1. The van der Waals surface area contributed by atoms with Gasteiger partial charge in [-0.2, -0.15) is 0 Å². The minimum absolute atomic E-state index is 0.286. The molecule has 2 N–H and O–H groups in total. The van der Waals surface area contributed by atoms with Crippen LogP contribution in [-0.4, -0.2) is 36.4 Å². The first-order chi connectivity index (χ1) is 11.2. The predicted molar refractivity (Wildman–Crippen MR) is 88.1 cm³/mol. The number of aromatic amines is 1. The van der Waals surface area contributed by atoms with Crippen LogP contribution in [0.25, 0.3) is 22.0 Å². The molecular formula is C18H17NO4. The Morgan fingerprint density at radius 1 is 1.09 bits per heavy atom. The van der Waals surface area contributed by atoms with Crippen molar-refractivity contribution in [1.82, 2.24) is 4.98 Å². The standard InChI is InChI=1S/C18H17NO4/c1-22-8-9-23-14-5-2-12(3-6-14)13-4-7-15-16(18(20)21)11-19-17(15)10-13/h2-7,10-11,19H,8-9H2,1H3,(H,20,21). The van der Waals surface area contributed by atoms with Crippen molar-refractivity contribution in [3.05, 3.63) is 54.2 Å². The fraction of sp³-hybridized carbons (Fsp3) is 0.167. The van der Waals surface area contributed by atoms with Crippen molar-refractivity contribution >= 4 is 16.9 Å². The third-order valence-corrected chi connectivity index (χ3v) is 3.66. The Hall–Kier alpha value is -2.79. The van der Waals surface area contributed by atoms with E-state index >= 15 is 0 Å². The minimum atomic E-state index is -0.929. The summed E-state index contributed by atoms with van der Waals surface area (Å²) in [4.78, 5) is 14.1. The van der Waals surface area contributed by atoms with Crippen LogP contribution in [0.15, 0.2) is 48.7 Å². The average molecular weight is 311 g/mol. The molecule has 2 aromatic carbocycles. The lowest BCUT2D eigenvalue weighted by Gasteiger charge is -2.07. The Labute approximate surface area is 133 Å². The summed E-state index contributed by atoms with van der Waals surface area (Å²) in [6.07, 6.45) is 1.52. The van der Waals surface area contributed by atoms with Gasteiger partial charge < -0.3 is 19.6 Å². The van der Waals surface area contributed by atoms with Gasteiger partial charge in [0.05, 0.1) is 12.2 Å². The highest BCUT2D eigenvalue weighted by Crippen LogP contribution is 2.27. The quantitative estimate of drug-likeness (QED) is 0.683. The number of carboxylic acid groups (broad SMARTS) is 1. The average Bonchev–Trinajstić information content (AvgIpc) is 2.99. The molecule has 5 nitrogen and oxygen atoms in total. The SMILES string of the molecule is COCCOc1ccc(-c2ccc3c(C(=O)O)c[nH]c3c2)cc1. The van der Waals surface area contributed by atoms with E-state index in [1.165, 1.54) is 6.20 Å². The van der Waals surface area contributed by atoms with E-state index in [1.54, 1.807) is 7.11 Å². The molecule has 0 atom stereocenters. The summed E-state index contributed by atoms with van der Waals surface area (Å²) in [5.41, 5.74) is 3.14. The predicted octanol–water partition coefficient (Wildman–Crippen LogP) is 3.56. The maximum Gasteiger partial charge on any atom is 0.337 e. The van der Waals surface area contributed by atoms with Crippen LogP contribution in [0.5, 0.6) is 5.75 Å². The van der Waals surface area contributed by atoms with Crippen molar-refractivity contribution in [2.45, 2.75) is 0 Å². The van der Waals surface area contributed by atoms with Crippen molar-refractivity contribution in [1.29, 1.82) is 0 Å². The van der Waals surface area contributed by atoms with Crippen molar-refractivity contribution in [2.24, 2.45) is 0 Å². The number of rotatable bonds is 6. The molecule has 0 aliphatic carbocycles. The van der Waals surface area contributed by atoms with Gasteiger partial charge in [0.2, 0.25) is 0 Å². The fourth-order valence-electron chi connectivity index (χ4n) is 2.47. The largest absolute Gasteiger partial charge is 0.491 e. The Balaban J connectivity index is 1.84. The minimum Gasteiger partial charge on any atom is -0.491 e. The first-order valence-corrected chi connectivity index (χ1v) is 7.25. The van der Waals surface area contributed by atoms with Crippen LogP contribution in [-0.2, 0) is 4.74 Å². The number of hydrogen-bond acceptors (Lipinski definition) is 3. The van der Waals surface area contributed by atoms with Gasteiger partial charge in [-0.05, 0) is 29.3 Å². The molecule has 0 unspecified atom stereocenters. The fourth-order valence-corrected chi connectivity index (χ4v) is 2.47. The number of H-pyrrole nitrogens is 1. The van der Waals surface area contributed by atoms with Gasteiger partial charge in [0, 0.05) is 24.2 Å². The molecule has 1 heterocycles. The molecule has 3 rings (SSSR count). The number of nitrogens with one attached hydrogen (secondary N) is 1. The number of benzene rings is 2. The lowest BCUT2D eigenvalue weighted by atomic mass is 10.0. The second-order valence-corrected chi connectivity index (χ2v) is 5.13. The van der Waals surface area contributed by atoms with Gasteiger partial charge in [0.1, 0.15) is 12.4 Å². The van der Waals surface area contributed by atoms with E-state index in [2.05, 4.69) is 4.98 Å².